The average molecular weight is 424 g/mol. The molecule has 2 aromatic rings. The van der Waals surface area contributed by atoms with Crippen LogP contribution in [0, 0.1) is 18.3 Å². The van der Waals surface area contributed by atoms with Crippen molar-refractivity contribution in [2.24, 2.45) is 0 Å². The van der Waals surface area contributed by atoms with Crippen LogP contribution in [0.2, 0.25) is 0 Å². The van der Waals surface area contributed by atoms with Crippen molar-refractivity contribution in [1.82, 2.24) is 20.2 Å². The number of nitrogens with zero attached hydrogens (tertiary/aromatic N) is 5. The van der Waals surface area contributed by atoms with Gasteiger partial charge in [0.1, 0.15) is 17.7 Å². The summed E-state index contributed by atoms with van der Waals surface area (Å²) in [5, 5.41) is 15.7. The normalized spacial score (nSPS) is 14.6. The van der Waals surface area contributed by atoms with Crippen molar-refractivity contribution >= 4 is 23.2 Å². The minimum atomic E-state index is -0.188. The highest BCUT2D eigenvalue weighted by Gasteiger charge is 2.23. The molecule has 0 unspecified atom stereocenters. The first-order valence-corrected chi connectivity index (χ1v) is 10.3. The number of carbonyl (C=O) groups excluding carboxylic acids is 1. The Morgan fingerprint density at radius 1 is 1.29 bits per heavy atom. The zero-order chi connectivity index (χ0) is 22.5. The molecule has 1 aliphatic heterocycles. The van der Waals surface area contributed by atoms with Gasteiger partial charge in [0.15, 0.2) is 11.6 Å². The number of piperidine rings is 1. The number of aromatic nitrogens is 2. The number of nitriles is 1. The van der Waals surface area contributed by atoms with Crippen LogP contribution in [0.15, 0.2) is 18.2 Å². The molecule has 3 rings (SSSR count). The molecule has 1 saturated heterocycles. The maximum Gasteiger partial charge on any atom is 0.320 e. The molecule has 1 amide bonds. The fourth-order valence-corrected chi connectivity index (χ4v) is 3.42. The third-order valence-corrected chi connectivity index (χ3v) is 5.32. The minimum absolute atomic E-state index is 0.0327. The van der Waals surface area contributed by atoms with E-state index in [-0.39, 0.29) is 18.0 Å². The second kappa shape index (κ2) is 9.62. The smallest absolute Gasteiger partial charge is 0.320 e. The van der Waals surface area contributed by atoms with Crippen molar-refractivity contribution < 1.29 is 9.53 Å². The Morgan fingerprint density at radius 3 is 2.61 bits per heavy atom. The van der Waals surface area contributed by atoms with E-state index in [1.54, 1.807) is 24.1 Å². The maximum atomic E-state index is 12.0. The van der Waals surface area contributed by atoms with E-state index in [1.807, 2.05) is 27.1 Å². The van der Waals surface area contributed by atoms with Crippen LogP contribution >= 0.6 is 0 Å². The van der Waals surface area contributed by atoms with E-state index < -0.39 is 0 Å². The van der Waals surface area contributed by atoms with Gasteiger partial charge in [-0.25, -0.2) is 0 Å². The van der Waals surface area contributed by atoms with Crippen LogP contribution < -0.4 is 20.3 Å². The number of benzene rings is 1. The van der Waals surface area contributed by atoms with Gasteiger partial charge >= 0.3 is 6.01 Å². The van der Waals surface area contributed by atoms with Crippen LogP contribution in [0.4, 0.5) is 17.3 Å². The van der Waals surface area contributed by atoms with E-state index in [1.165, 1.54) is 0 Å². The molecule has 0 aliphatic carbocycles. The number of amides is 1. The van der Waals surface area contributed by atoms with Crippen LogP contribution in [0.1, 0.15) is 34.3 Å². The number of hydrogen-bond donors (Lipinski definition) is 2. The third kappa shape index (κ3) is 5.22. The quantitative estimate of drug-likeness (QED) is 0.729. The lowest BCUT2D eigenvalue weighted by molar-refractivity contribution is 0.0963. The van der Waals surface area contributed by atoms with Gasteiger partial charge in [-0.3, -0.25) is 4.79 Å². The number of nitrogens with one attached hydrogen (secondary N) is 2. The van der Waals surface area contributed by atoms with Gasteiger partial charge in [-0.15, -0.1) is 0 Å². The molecule has 0 bridgehead atoms. The van der Waals surface area contributed by atoms with Crippen molar-refractivity contribution in [3.05, 3.63) is 34.9 Å². The maximum absolute atomic E-state index is 12.0. The summed E-state index contributed by atoms with van der Waals surface area (Å²) in [6.45, 7) is 3.84. The van der Waals surface area contributed by atoms with Crippen LogP contribution in [-0.2, 0) is 0 Å². The molecule has 1 aromatic carbocycles. The summed E-state index contributed by atoms with van der Waals surface area (Å²) in [4.78, 5) is 25.1. The first kappa shape index (κ1) is 22.3. The number of ether oxygens (including phenoxy) is 1. The van der Waals surface area contributed by atoms with Gasteiger partial charge in [-0.1, -0.05) is 6.07 Å². The first-order chi connectivity index (χ1) is 14.8. The van der Waals surface area contributed by atoms with Crippen LogP contribution in [0.5, 0.6) is 6.01 Å². The molecule has 1 aliphatic rings. The Labute approximate surface area is 183 Å². The molecule has 1 fully saturated rings. The predicted octanol–water partition coefficient (Wildman–Crippen LogP) is 2.30. The SMILES string of the molecule is CNC(=O)c1ccc(C)c(Nc2nc(OC3CCN(C)CC3)nc(N(C)C)c2C#N)c1. The molecule has 1 aromatic heterocycles. The Kier molecular flexibility index (Phi) is 6.92. The van der Waals surface area contributed by atoms with Gasteiger partial charge in [0.05, 0.1) is 0 Å². The van der Waals surface area contributed by atoms with Crippen LogP contribution in [0.3, 0.4) is 0 Å². The summed E-state index contributed by atoms with van der Waals surface area (Å²) in [7, 11) is 7.33. The summed E-state index contributed by atoms with van der Waals surface area (Å²) < 4.78 is 6.09. The fourth-order valence-electron chi connectivity index (χ4n) is 3.42. The van der Waals surface area contributed by atoms with Crippen LogP contribution in [-0.4, -0.2) is 68.2 Å². The lowest BCUT2D eigenvalue weighted by Crippen LogP contribution is -2.36. The zero-order valence-corrected chi connectivity index (χ0v) is 18.7. The molecule has 9 heteroatoms. The van der Waals surface area contributed by atoms with E-state index in [0.29, 0.717) is 28.5 Å². The lowest BCUT2D eigenvalue weighted by Gasteiger charge is -2.29. The van der Waals surface area contributed by atoms with Gasteiger partial charge in [-0.2, -0.15) is 15.2 Å². The second-order valence-corrected chi connectivity index (χ2v) is 7.91. The Bertz CT molecular complexity index is 992. The van der Waals surface area contributed by atoms with Crippen LogP contribution in [0.25, 0.3) is 0 Å². The number of rotatable bonds is 6. The van der Waals surface area contributed by atoms with Crippen molar-refractivity contribution in [1.29, 1.82) is 5.26 Å². The predicted molar refractivity (Wildman–Crippen MR) is 120 cm³/mol. The third-order valence-electron chi connectivity index (χ3n) is 5.32. The number of hydrogen-bond acceptors (Lipinski definition) is 8. The molecule has 2 heterocycles. The number of anilines is 3. The minimum Gasteiger partial charge on any atom is -0.460 e. The largest absolute Gasteiger partial charge is 0.460 e. The van der Waals surface area contributed by atoms with Crippen molar-refractivity contribution in [2.75, 3.05) is 51.5 Å². The average Bonchev–Trinajstić information content (AvgIpc) is 2.76. The molecule has 2 N–H and O–H groups in total. The monoisotopic (exact) mass is 423 g/mol. The summed E-state index contributed by atoms with van der Waals surface area (Å²) in [6.07, 6.45) is 1.82. The molecule has 164 valence electrons. The molecule has 0 radical (unpaired) electrons. The highest BCUT2D eigenvalue weighted by atomic mass is 16.5. The van der Waals surface area contributed by atoms with Gasteiger partial charge in [0, 0.05) is 45.5 Å². The van der Waals surface area contributed by atoms with Gasteiger partial charge in [0.25, 0.3) is 5.91 Å². The molecule has 0 atom stereocenters. The molecule has 0 saturated carbocycles. The van der Waals surface area contributed by atoms with Gasteiger partial charge < -0.3 is 25.2 Å². The van der Waals surface area contributed by atoms with Gasteiger partial charge in [-0.05, 0) is 44.5 Å². The lowest BCUT2D eigenvalue weighted by atomic mass is 10.1. The highest BCUT2D eigenvalue weighted by molar-refractivity contribution is 5.95. The Hall–Kier alpha value is -3.38. The molecule has 0 spiro atoms. The van der Waals surface area contributed by atoms with Crippen molar-refractivity contribution in [3.63, 3.8) is 0 Å². The number of likely N-dealkylation sites (tertiary alicyclic amines) is 1. The molecular weight excluding hydrogens is 394 g/mol. The van der Waals surface area contributed by atoms with E-state index in [9.17, 15) is 10.1 Å². The van der Waals surface area contributed by atoms with E-state index in [4.69, 9.17) is 4.74 Å². The zero-order valence-electron chi connectivity index (χ0n) is 18.7. The van der Waals surface area contributed by atoms with E-state index >= 15 is 0 Å². The summed E-state index contributed by atoms with van der Waals surface area (Å²) in [5.74, 6) is 0.635. The fraction of sp³-hybridized carbons (Fsp3) is 0.455. The standard InChI is InChI=1S/C22H29N7O2/c1-14-6-7-15(21(30)24-2)12-18(14)25-19-17(13-23)20(28(3)4)27-22(26-19)31-16-8-10-29(5)11-9-16/h6-7,12,16H,8-11H2,1-5H3,(H,24,30)(H,25,26,27). The summed E-state index contributed by atoms with van der Waals surface area (Å²) in [6, 6.07) is 7.78. The highest BCUT2D eigenvalue weighted by Crippen LogP contribution is 2.30. The van der Waals surface area contributed by atoms with Gasteiger partial charge in [0.2, 0.25) is 0 Å². The number of carbonyl (C=O) groups is 1. The van der Waals surface area contributed by atoms with E-state index in [0.717, 1.165) is 31.5 Å². The molecular formula is C22H29N7O2. The Balaban J connectivity index is 1.97. The summed E-state index contributed by atoms with van der Waals surface area (Å²) >= 11 is 0. The first-order valence-electron chi connectivity index (χ1n) is 10.3. The van der Waals surface area contributed by atoms with Crippen molar-refractivity contribution in [3.8, 4) is 12.1 Å². The van der Waals surface area contributed by atoms with E-state index in [2.05, 4.69) is 38.6 Å². The topological polar surface area (TPSA) is 106 Å². The molecule has 9 nitrogen and oxygen atoms in total. The summed E-state index contributed by atoms with van der Waals surface area (Å²) in [5.41, 5.74) is 2.43. The Morgan fingerprint density at radius 2 is 2.00 bits per heavy atom. The molecule has 31 heavy (non-hydrogen) atoms. The number of aryl methyl sites for hydroxylation is 1. The van der Waals surface area contributed by atoms with Crippen molar-refractivity contribution in [2.45, 2.75) is 25.9 Å². The second-order valence-electron chi connectivity index (χ2n) is 7.91.